The third-order valence-corrected chi connectivity index (χ3v) is 4.65. The standard InChI is InChI=1S/C20H19FN4O4/c1-2-20(13-8-4-3-5-9-13)17(27)25(19(29)24-20)12-16(26)23-18(28)22-15-11-7-6-10-14(15)21/h3-11H,2,12H2,1H3,(H,24,29)(H2,22,23,26,28)/t20-/m1/s1. The molecule has 2 aromatic carbocycles. The Kier molecular flexibility index (Phi) is 5.58. The first kappa shape index (κ1) is 20.0. The van der Waals surface area contributed by atoms with E-state index in [2.05, 4.69) is 10.6 Å². The van der Waals surface area contributed by atoms with Crippen LogP contribution in [0.2, 0.25) is 0 Å². The fourth-order valence-electron chi connectivity index (χ4n) is 3.16. The van der Waals surface area contributed by atoms with Gasteiger partial charge in [0, 0.05) is 0 Å². The van der Waals surface area contributed by atoms with Crippen molar-refractivity contribution in [3.05, 3.63) is 66.0 Å². The second kappa shape index (κ2) is 8.09. The first-order valence-electron chi connectivity index (χ1n) is 8.92. The van der Waals surface area contributed by atoms with Crippen LogP contribution in [0.1, 0.15) is 18.9 Å². The highest BCUT2D eigenvalue weighted by Gasteiger charge is 2.51. The zero-order valence-electron chi connectivity index (χ0n) is 15.6. The lowest BCUT2D eigenvalue weighted by Crippen LogP contribution is -2.46. The number of imide groups is 2. The van der Waals surface area contributed by atoms with E-state index in [-0.39, 0.29) is 12.1 Å². The van der Waals surface area contributed by atoms with Crippen molar-refractivity contribution in [2.75, 3.05) is 11.9 Å². The Morgan fingerprint density at radius 2 is 1.72 bits per heavy atom. The number of rotatable bonds is 5. The number of carbonyl (C=O) groups is 4. The SMILES string of the molecule is CC[C@]1(c2ccccc2)NC(=O)N(CC(=O)NC(=O)Nc2ccccc2F)C1=O. The van der Waals surface area contributed by atoms with Gasteiger partial charge in [-0.2, -0.15) is 0 Å². The van der Waals surface area contributed by atoms with Gasteiger partial charge in [-0.1, -0.05) is 49.4 Å². The summed E-state index contributed by atoms with van der Waals surface area (Å²) in [5.41, 5.74) is -0.781. The summed E-state index contributed by atoms with van der Waals surface area (Å²) in [4.78, 5) is 50.1. The van der Waals surface area contributed by atoms with Gasteiger partial charge in [-0.25, -0.2) is 14.0 Å². The number of carbonyl (C=O) groups excluding carboxylic acids is 4. The van der Waals surface area contributed by atoms with Crippen LogP contribution in [-0.4, -0.2) is 35.3 Å². The zero-order valence-corrected chi connectivity index (χ0v) is 15.6. The van der Waals surface area contributed by atoms with Crippen molar-refractivity contribution in [3.8, 4) is 0 Å². The van der Waals surface area contributed by atoms with Gasteiger partial charge in [0.25, 0.3) is 5.91 Å². The van der Waals surface area contributed by atoms with E-state index in [1.54, 1.807) is 37.3 Å². The number of nitrogens with one attached hydrogen (secondary N) is 3. The maximum atomic E-state index is 13.6. The number of nitrogens with zero attached hydrogens (tertiary/aromatic N) is 1. The van der Waals surface area contributed by atoms with Crippen LogP contribution >= 0.6 is 0 Å². The van der Waals surface area contributed by atoms with Crippen LogP contribution in [-0.2, 0) is 15.1 Å². The van der Waals surface area contributed by atoms with Gasteiger partial charge in [-0.05, 0) is 24.1 Å². The lowest BCUT2D eigenvalue weighted by molar-refractivity contribution is -0.135. The largest absolute Gasteiger partial charge is 0.326 e. The van der Waals surface area contributed by atoms with E-state index in [1.807, 2.05) is 5.32 Å². The van der Waals surface area contributed by atoms with Crippen molar-refractivity contribution in [2.24, 2.45) is 0 Å². The molecule has 2 aromatic rings. The Hall–Kier alpha value is -3.75. The smallest absolute Gasteiger partial charge is 0.319 e. The number of urea groups is 2. The molecule has 1 aliphatic rings. The second-order valence-electron chi connectivity index (χ2n) is 6.43. The minimum absolute atomic E-state index is 0.109. The van der Waals surface area contributed by atoms with E-state index in [9.17, 15) is 23.6 Å². The Morgan fingerprint density at radius 1 is 1.07 bits per heavy atom. The van der Waals surface area contributed by atoms with E-state index in [0.717, 1.165) is 11.0 Å². The van der Waals surface area contributed by atoms with Crippen LogP contribution < -0.4 is 16.0 Å². The highest BCUT2D eigenvalue weighted by molar-refractivity contribution is 6.11. The van der Waals surface area contributed by atoms with Gasteiger partial charge in [0.2, 0.25) is 5.91 Å². The molecule has 0 spiro atoms. The molecule has 29 heavy (non-hydrogen) atoms. The van der Waals surface area contributed by atoms with Gasteiger partial charge in [0.1, 0.15) is 17.9 Å². The van der Waals surface area contributed by atoms with Crippen molar-refractivity contribution in [2.45, 2.75) is 18.9 Å². The molecule has 1 heterocycles. The lowest BCUT2D eigenvalue weighted by atomic mass is 9.87. The topological polar surface area (TPSA) is 108 Å². The Labute approximate surface area is 166 Å². The van der Waals surface area contributed by atoms with Crippen molar-refractivity contribution in [1.29, 1.82) is 0 Å². The first-order valence-corrected chi connectivity index (χ1v) is 8.92. The molecular weight excluding hydrogens is 379 g/mol. The van der Waals surface area contributed by atoms with Crippen LogP contribution in [0.3, 0.4) is 0 Å². The minimum Gasteiger partial charge on any atom is -0.319 e. The first-order chi connectivity index (χ1) is 13.9. The summed E-state index contributed by atoms with van der Waals surface area (Å²) in [6.45, 7) is 1.10. The highest BCUT2D eigenvalue weighted by Crippen LogP contribution is 2.32. The monoisotopic (exact) mass is 398 g/mol. The summed E-state index contributed by atoms with van der Waals surface area (Å²) in [7, 11) is 0. The van der Waals surface area contributed by atoms with Gasteiger partial charge in [0.15, 0.2) is 0 Å². The molecule has 1 aliphatic heterocycles. The fourth-order valence-corrected chi connectivity index (χ4v) is 3.16. The average Bonchev–Trinajstić information content (AvgIpc) is 2.95. The maximum Gasteiger partial charge on any atom is 0.326 e. The van der Waals surface area contributed by atoms with Crippen molar-refractivity contribution >= 4 is 29.6 Å². The summed E-state index contributed by atoms with van der Waals surface area (Å²) in [5.74, 6) is -2.14. The predicted octanol–water partition coefficient (Wildman–Crippen LogP) is 2.33. The molecule has 150 valence electrons. The number of benzene rings is 2. The minimum atomic E-state index is -1.27. The van der Waals surface area contributed by atoms with Crippen molar-refractivity contribution in [1.82, 2.24) is 15.5 Å². The van der Waals surface area contributed by atoms with Gasteiger partial charge < -0.3 is 10.6 Å². The Morgan fingerprint density at radius 3 is 2.38 bits per heavy atom. The van der Waals surface area contributed by atoms with Crippen LogP contribution in [0.15, 0.2) is 54.6 Å². The summed E-state index contributed by atoms with van der Waals surface area (Å²) in [6.07, 6.45) is 0.285. The third kappa shape index (κ3) is 3.93. The van der Waals surface area contributed by atoms with Gasteiger partial charge in [-0.15, -0.1) is 0 Å². The summed E-state index contributed by atoms with van der Waals surface area (Å²) < 4.78 is 13.6. The molecule has 1 fully saturated rings. The summed E-state index contributed by atoms with van der Waals surface area (Å²) >= 11 is 0. The fraction of sp³-hybridized carbons (Fsp3) is 0.200. The predicted molar refractivity (Wildman–Crippen MR) is 102 cm³/mol. The second-order valence-corrected chi connectivity index (χ2v) is 6.43. The molecule has 0 unspecified atom stereocenters. The normalized spacial score (nSPS) is 18.3. The van der Waals surface area contributed by atoms with Crippen LogP contribution in [0.4, 0.5) is 19.7 Å². The number of amides is 6. The zero-order chi connectivity index (χ0) is 21.0. The number of para-hydroxylation sites is 1. The number of halogens is 1. The highest BCUT2D eigenvalue weighted by atomic mass is 19.1. The molecule has 0 bridgehead atoms. The molecule has 0 aromatic heterocycles. The van der Waals surface area contributed by atoms with E-state index < -0.39 is 41.8 Å². The maximum absolute atomic E-state index is 13.6. The Bertz CT molecular complexity index is 966. The Balaban J connectivity index is 1.67. The number of anilines is 1. The lowest BCUT2D eigenvalue weighted by Gasteiger charge is -2.25. The van der Waals surface area contributed by atoms with Gasteiger partial charge in [-0.3, -0.25) is 19.8 Å². The van der Waals surface area contributed by atoms with Crippen LogP contribution in [0.5, 0.6) is 0 Å². The number of hydrogen-bond donors (Lipinski definition) is 3. The molecule has 1 saturated heterocycles. The molecule has 6 amide bonds. The van der Waals surface area contributed by atoms with Gasteiger partial charge >= 0.3 is 12.1 Å². The van der Waals surface area contributed by atoms with Crippen LogP contribution in [0, 0.1) is 5.82 Å². The molecule has 8 nitrogen and oxygen atoms in total. The molecule has 9 heteroatoms. The van der Waals surface area contributed by atoms with Crippen molar-refractivity contribution < 1.29 is 23.6 Å². The summed E-state index contributed by atoms with van der Waals surface area (Å²) in [6, 6.07) is 12.4. The molecule has 1 atom stereocenters. The average molecular weight is 398 g/mol. The molecule has 0 saturated carbocycles. The third-order valence-electron chi connectivity index (χ3n) is 4.65. The van der Waals surface area contributed by atoms with E-state index in [1.165, 1.54) is 18.2 Å². The molecule has 3 N–H and O–H groups in total. The molecule has 0 aliphatic carbocycles. The van der Waals surface area contributed by atoms with Gasteiger partial charge in [0.05, 0.1) is 5.69 Å². The quantitative estimate of drug-likeness (QED) is 0.672. The van der Waals surface area contributed by atoms with E-state index in [0.29, 0.717) is 5.56 Å². The van der Waals surface area contributed by atoms with E-state index in [4.69, 9.17) is 0 Å². The summed E-state index contributed by atoms with van der Waals surface area (Å²) in [5, 5.41) is 6.82. The number of hydrogen-bond acceptors (Lipinski definition) is 4. The molecular formula is C20H19FN4O4. The van der Waals surface area contributed by atoms with Crippen LogP contribution in [0.25, 0.3) is 0 Å². The van der Waals surface area contributed by atoms with E-state index >= 15 is 0 Å². The molecule has 0 radical (unpaired) electrons. The van der Waals surface area contributed by atoms with Crippen molar-refractivity contribution in [3.63, 3.8) is 0 Å². The molecule has 3 rings (SSSR count).